The van der Waals surface area contributed by atoms with Crippen LogP contribution in [-0.4, -0.2) is 27.9 Å². The lowest BCUT2D eigenvalue weighted by Gasteiger charge is -2.12. The standard InChI is InChI=1S/C14H19N3O2/c15-13(10-18)14-9-16-11-17(14)7-4-8-19-12-5-2-1-3-6-12/h1-3,5-6,9,11,13,18H,4,7-8,10,15H2. The van der Waals surface area contributed by atoms with E-state index < -0.39 is 0 Å². The average Bonchev–Trinajstić information content (AvgIpc) is 2.92. The topological polar surface area (TPSA) is 73.3 Å². The predicted molar refractivity (Wildman–Crippen MR) is 72.8 cm³/mol. The number of aliphatic hydroxyl groups is 1. The quantitative estimate of drug-likeness (QED) is 0.738. The van der Waals surface area contributed by atoms with Crippen LogP contribution < -0.4 is 10.5 Å². The molecule has 2 rings (SSSR count). The number of benzene rings is 1. The number of aryl methyl sites for hydroxylation is 1. The maximum Gasteiger partial charge on any atom is 0.119 e. The van der Waals surface area contributed by atoms with E-state index in [0.29, 0.717) is 6.61 Å². The molecule has 0 bridgehead atoms. The van der Waals surface area contributed by atoms with Crippen molar-refractivity contribution in [3.8, 4) is 5.75 Å². The fraction of sp³-hybridized carbons (Fsp3) is 0.357. The molecule has 2 aromatic rings. The molecule has 3 N–H and O–H groups in total. The highest BCUT2D eigenvalue weighted by Crippen LogP contribution is 2.11. The van der Waals surface area contributed by atoms with Crippen LogP contribution in [0.4, 0.5) is 0 Å². The molecule has 5 nitrogen and oxygen atoms in total. The smallest absolute Gasteiger partial charge is 0.119 e. The van der Waals surface area contributed by atoms with Crippen molar-refractivity contribution in [3.63, 3.8) is 0 Å². The summed E-state index contributed by atoms with van der Waals surface area (Å²) in [7, 11) is 0. The lowest BCUT2D eigenvalue weighted by Crippen LogP contribution is -2.19. The number of aromatic nitrogens is 2. The molecule has 0 fully saturated rings. The van der Waals surface area contributed by atoms with Crippen LogP contribution >= 0.6 is 0 Å². The third-order valence-corrected chi connectivity index (χ3v) is 2.88. The predicted octanol–water partition coefficient (Wildman–Crippen LogP) is 1.34. The van der Waals surface area contributed by atoms with E-state index in [1.54, 1.807) is 12.5 Å². The van der Waals surface area contributed by atoms with Gasteiger partial charge in [-0.3, -0.25) is 0 Å². The second-order valence-corrected chi connectivity index (χ2v) is 4.32. The molecule has 1 aromatic carbocycles. The Hall–Kier alpha value is -1.85. The van der Waals surface area contributed by atoms with Crippen molar-refractivity contribution in [2.45, 2.75) is 19.0 Å². The second-order valence-electron chi connectivity index (χ2n) is 4.32. The number of para-hydroxylation sites is 1. The minimum Gasteiger partial charge on any atom is -0.494 e. The van der Waals surface area contributed by atoms with Crippen molar-refractivity contribution in [1.29, 1.82) is 0 Å². The van der Waals surface area contributed by atoms with Crippen LogP contribution in [0.2, 0.25) is 0 Å². The maximum atomic E-state index is 9.06. The Morgan fingerprint density at radius 3 is 2.84 bits per heavy atom. The lowest BCUT2D eigenvalue weighted by molar-refractivity contribution is 0.261. The Kier molecular flexibility index (Phi) is 4.94. The lowest BCUT2D eigenvalue weighted by atomic mass is 10.2. The van der Waals surface area contributed by atoms with Gasteiger partial charge in [0.2, 0.25) is 0 Å². The molecule has 0 radical (unpaired) electrons. The van der Waals surface area contributed by atoms with Crippen LogP contribution in [0.15, 0.2) is 42.9 Å². The number of nitrogens with zero attached hydrogens (tertiary/aromatic N) is 2. The van der Waals surface area contributed by atoms with Gasteiger partial charge in [-0.05, 0) is 18.6 Å². The summed E-state index contributed by atoms with van der Waals surface area (Å²) < 4.78 is 7.57. The molecule has 0 aliphatic heterocycles. The first-order valence-electron chi connectivity index (χ1n) is 6.35. The van der Waals surface area contributed by atoms with Gasteiger partial charge in [-0.2, -0.15) is 0 Å². The first-order valence-corrected chi connectivity index (χ1v) is 6.35. The molecule has 0 saturated carbocycles. The molecule has 1 aromatic heterocycles. The molecule has 5 heteroatoms. The molecule has 0 saturated heterocycles. The molecule has 1 heterocycles. The Labute approximate surface area is 112 Å². The van der Waals surface area contributed by atoms with Crippen molar-refractivity contribution < 1.29 is 9.84 Å². The number of nitrogens with two attached hydrogens (primary N) is 1. The van der Waals surface area contributed by atoms with Crippen molar-refractivity contribution >= 4 is 0 Å². The van der Waals surface area contributed by atoms with E-state index in [2.05, 4.69) is 4.98 Å². The molecule has 0 aliphatic carbocycles. The summed E-state index contributed by atoms with van der Waals surface area (Å²) in [6.45, 7) is 1.33. The Bertz CT molecular complexity index is 484. The van der Waals surface area contributed by atoms with Crippen molar-refractivity contribution in [2.24, 2.45) is 5.73 Å². The van der Waals surface area contributed by atoms with Gasteiger partial charge < -0.3 is 20.1 Å². The highest BCUT2D eigenvalue weighted by molar-refractivity contribution is 5.20. The number of ether oxygens (including phenoxy) is 1. The molecule has 1 atom stereocenters. The van der Waals surface area contributed by atoms with Gasteiger partial charge in [-0.25, -0.2) is 4.98 Å². The fourth-order valence-electron chi connectivity index (χ4n) is 1.86. The van der Waals surface area contributed by atoms with E-state index in [9.17, 15) is 0 Å². The summed E-state index contributed by atoms with van der Waals surface area (Å²) in [6, 6.07) is 9.35. The highest BCUT2D eigenvalue weighted by atomic mass is 16.5. The number of aliphatic hydroxyl groups excluding tert-OH is 1. The van der Waals surface area contributed by atoms with Crippen molar-refractivity contribution in [2.75, 3.05) is 13.2 Å². The normalized spacial score (nSPS) is 12.3. The number of hydrogen-bond acceptors (Lipinski definition) is 4. The summed E-state index contributed by atoms with van der Waals surface area (Å²) in [4.78, 5) is 4.06. The highest BCUT2D eigenvalue weighted by Gasteiger charge is 2.09. The Balaban J connectivity index is 1.78. The number of rotatable bonds is 7. The summed E-state index contributed by atoms with van der Waals surface area (Å²) in [5, 5.41) is 9.06. The Morgan fingerprint density at radius 2 is 2.11 bits per heavy atom. The molecule has 102 valence electrons. The summed E-state index contributed by atoms with van der Waals surface area (Å²) in [5.74, 6) is 0.875. The van der Waals surface area contributed by atoms with Gasteiger partial charge in [-0.1, -0.05) is 18.2 Å². The molecule has 0 aliphatic rings. The van der Waals surface area contributed by atoms with E-state index in [0.717, 1.165) is 24.4 Å². The maximum absolute atomic E-state index is 9.06. The molecular weight excluding hydrogens is 242 g/mol. The third kappa shape index (κ3) is 3.81. The van der Waals surface area contributed by atoms with Crippen LogP contribution in [-0.2, 0) is 6.54 Å². The first-order chi connectivity index (χ1) is 9.31. The molecule has 0 spiro atoms. The van der Waals surface area contributed by atoms with E-state index >= 15 is 0 Å². The minimum absolute atomic E-state index is 0.0772. The van der Waals surface area contributed by atoms with Gasteiger partial charge >= 0.3 is 0 Å². The zero-order valence-corrected chi connectivity index (χ0v) is 10.8. The summed E-state index contributed by atoms with van der Waals surface area (Å²) in [6.07, 6.45) is 4.28. The van der Waals surface area contributed by atoms with Crippen molar-refractivity contribution in [1.82, 2.24) is 9.55 Å². The molecule has 1 unspecified atom stereocenters. The first kappa shape index (κ1) is 13.6. The zero-order chi connectivity index (χ0) is 13.5. The molecule has 0 amide bonds. The molecule has 19 heavy (non-hydrogen) atoms. The largest absolute Gasteiger partial charge is 0.494 e. The van der Waals surface area contributed by atoms with Crippen molar-refractivity contribution in [3.05, 3.63) is 48.5 Å². The van der Waals surface area contributed by atoms with E-state index in [-0.39, 0.29) is 12.6 Å². The van der Waals surface area contributed by atoms with E-state index in [1.165, 1.54) is 0 Å². The summed E-state index contributed by atoms with van der Waals surface area (Å²) in [5.41, 5.74) is 6.64. The third-order valence-electron chi connectivity index (χ3n) is 2.88. The van der Waals surface area contributed by atoms with Crippen LogP contribution in [0.5, 0.6) is 5.75 Å². The van der Waals surface area contributed by atoms with Crippen LogP contribution in [0, 0.1) is 0 Å². The zero-order valence-electron chi connectivity index (χ0n) is 10.8. The van der Waals surface area contributed by atoms with Gasteiger partial charge in [-0.15, -0.1) is 0 Å². The summed E-state index contributed by atoms with van der Waals surface area (Å²) >= 11 is 0. The fourth-order valence-corrected chi connectivity index (χ4v) is 1.86. The number of imidazole rings is 1. The Morgan fingerprint density at radius 1 is 1.32 bits per heavy atom. The van der Waals surface area contributed by atoms with Gasteiger partial charge in [0, 0.05) is 12.7 Å². The van der Waals surface area contributed by atoms with Gasteiger partial charge in [0.15, 0.2) is 0 Å². The van der Waals surface area contributed by atoms with Gasteiger partial charge in [0.25, 0.3) is 0 Å². The SMILES string of the molecule is NC(CO)c1cncn1CCCOc1ccccc1. The number of hydrogen-bond donors (Lipinski definition) is 2. The van der Waals surface area contributed by atoms with Gasteiger partial charge in [0.1, 0.15) is 5.75 Å². The monoisotopic (exact) mass is 261 g/mol. The second kappa shape index (κ2) is 6.92. The minimum atomic E-state index is -0.377. The molecular formula is C14H19N3O2. The van der Waals surface area contributed by atoms with Crippen LogP contribution in [0.1, 0.15) is 18.2 Å². The van der Waals surface area contributed by atoms with Crippen LogP contribution in [0.3, 0.4) is 0 Å². The van der Waals surface area contributed by atoms with Gasteiger partial charge in [0.05, 0.1) is 31.3 Å². The van der Waals surface area contributed by atoms with E-state index in [4.69, 9.17) is 15.6 Å². The van der Waals surface area contributed by atoms with Crippen LogP contribution in [0.25, 0.3) is 0 Å². The van der Waals surface area contributed by atoms with E-state index in [1.807, 2.05) is 34.9 Å². The average molecular weight is 261 g/mol.